The van der Waals surface area contributed by atoms with Gasteiger partial charge in [-0.3, -0.25) is 0 Å². The summed E-state index contributed by atoms with van der Waals surface area (Å²) in [6.45, 7) is 4.28. The number of hydrogen-bond donors (Lipinski definition) is 0. The number of carbonyl (C=O) groups excluding carboxylic acids is 1. The predicted octanol–water partition coefficient (Wildman–Crippen LogP) is 2.44. The molecule has 1 aromatic rings. The number of rotatable bonds is 6. The van der Waals surface area contributed by atoms with Crippen LogP contribution in [0.4, 0.5) is 0 Å². The minimum atomic E-state index is -0.0711. The largest absolute Gasteiger partial charge is 0.497 e. The second-order valence-electron chi connectivity index (χ2n) is 3.86. The van der Waals surface area contributed by atoms with Crippen molar-refractivity contribution in [3.63, 3.8) is 0 Å². The van der Waals surface area contributed by atoms with E-state index < -0.39 is 0 Å². The second-order valence-corrected chi connectivity index (χ2v) is 3.86. The minimum Gasteiger partial charge on any atom is -0.497 e. The van der Waals surface area contributed by atoms with Crippen molar-refractivity contribution < 1.29 is 14.3 Å². The second kappa shape index (κ2) is 6.28. The summed E-state index contributed by atoms with van der Waals surface area (Å²) in [7, 11) is 1.64. The van der Waals surface area contributed by atoms with Crippen LogP contribution in [-0.2, 0) is 16.1 Å². The maximum absolute atomic E-state index is 10.5. The molecule has 3 heteroatoms. The summed E-state index contributed by atoms with van der Waals surface area (Å²) >= 11 is 0. The average Bonchev–Trinajstić information content (AvgIpc) is 2.35. The van der Waals surface area contributed by atoms with Crippen LogP contribution in [0.1, 0.15) is 19.4 Å². The first-order chi connectivity index (χ1) is 7.67. The molecule has 88 valence electrons. The van der Waals surface area contributed by atoms with Crippen molar-refractivity contribution in [2.75, 3.05) is 7.11 Å². The van der Waals surface area contributed by atoms with Crippen molar-refractivity contribution in [1.82, 2.24) is 0 Å². The molecule has 16 heavy (non-hydrogen) atoms. The predicted molar refractivity (Wildman–Crippen MR) is 62.5 cm³/mol. The zero-order chi connectivity index (χ0) is 12.0. The molecule has 0 heterocycles. The molecule has 0 aliphatic carbocycles. The number of aldehydes is 1. The molecule has 0 aliphatic heterocycles. The summed E-state index contributed by atoms with van der Waals surface area (Å²) in [6.07, 6.45) is 0.859. The number of benzene rings is 1. The van der Waals surface area contributed by atoms with Gasteiger partial charge >= 0.3 is 0 Å². The smallest absolute Gasteiger partial charge is 0.125 e. The van der Waals surface area contributed by atoms with Crippen LogP contribution in [0.3, 0.4) is 0 Å². The SMILES string of the molecule is COc1ccc(COC(C)C(C)C=O)cc1. The third kappa shape index (κ3) is 3.66. The average molecular weight is 222 g/mol. The van der Waals surface area contributed by atoms with Crippen molar-refractivity contribution in [1.29, 1.82) is 0 Å². The molecule has 0 aromatic heterocycles. The van der Waals surface area contributed by atoms with E-state index in [-0.39, 0.29) is 12.0 Å². The Hall–Kier alpha value is -1.35. The molecule has 2 atom stereocenters. The van der Waals surface area contributed by atoms with E-state index in [0.717, 1.165) is 17.6 Å². The van der Waals surface area contributed by atoms with Gasteiger partial charge in [-0.05, 0) is 24.6 Å². The number of ether oxygens (including phenoxy) is 2. The van der Waals surface area contributed by atoms with Crippen LogP contribution in [0.5, 0.6) is 5.75 Å². The Morgan fingerprint density at radius 3 is 2.38 bits per heavy atom. The maximum Gasteiger partial charge on any atom is 0.125 e. The summed E-state index contributed by atoms with van der Waals surface area (Å²) in [4.78, 5) is 10.5. The summed E-state index contributed by atoms with van der Waals surface area (Å²) in [6, 6.07) is 7.70. The van der Waals surface area contributed by atoms with Crippen molar-refractivity contribution in [3.8, 4) is 5.75 Å². The van der Waals surface area contributed by atoms with Crippen molar-refractivity contribution in [3.05, 3.63) is 29.8 Å². The highest BCUT2D eigenvalue weighted by Crippen LogP contribution is 2.13. The van der Waals surface area contributed by atoms with Crippen LogP contribution in [0, 0.1) is 5.92 Å². The molecule has 0 spiro atoms. The summed E-state index contributed by atoms with van der Waals surface area (Å²) < 4.78 is 10.6. The molecule has 3 nitrogen and oxygen atoms in total. The van der Waals surface area contributed by atoms with E-state index >= 15 is 0 Å². The van der Waals surface area contributed by atoms with Gasteiger partial charge in [0.25, 0.3) is 0 Å². The highest BCUT2D eigenvalue weighted by molar-refractivity contribution is 5.53. The Morgan fingerprint density at radius 1 is 1.25 bits per heavy atom. The maximum atomic E-state index is 10.5. The van der Waals surface area contributed by atoms with Gasteiger partial charge in [-0.1, -0.05) is 19.1 Å². The molecule has 0 radical (unpaired) electrons. The van der Waals surface area contributed by atoms with Gasteiger partial charge in [0.15, 0.2) is 0 Å². The van der Waals surface area contributed by atoms with Gasteiger partial charge in [0.2, 0.25) is 0 Å². The third-order valence-electron chi connectivity index (χ3n) is 2.63. The van der Waals surface area contributed by atoms with Crippen LogP contribution < -0.4 is 4.74 Å². The lowest BCUT2D eigenvalue weighted by molar-refractivity contribution is -0.115. The number of carbonyl (C=O) groups is 1. The first-order valence-electron chi connectivity index (χ1n) is 5.37. The molecule has 0 fully saturated rings. The molecular formula is C13H18O3. The van der Waals surface area contributed by atoms with Gasteiger partial charge in [0.05, 0.1) is 19.8 Å². The fourth-order valence-electron chi connectivity index (χ4n) is 1.21. The van der Waals surface area contributed by atoms with E-state index in [0.29, 0.717) is 6.61 Å². The minimum absolute atomic E-state index is 0.0559. The molecule has 0 saturated heterocycles. The molecule has 1 rings (SSSR count). The molecule has 0 saturated carbocycles. The van der Waals surface area contributed by atoms with Gasteiger partial charge in [0.1, 0.15) is 12.0 Å². The van der Waals surface area contributed by atoms with Crippen LogP contribution in [0.2, 0.25) is 0 Å². The van der Waals surface area contributed by atoms with Gasteiger partial charge in [-0.2, -0.15) is 0 Å². The van der Waals surface area contributed by atoms with Crippen LogP contribution >= 0.6 is 0 Å². The fraction of sp³-hybridized carbons (Fsp3) is 0.462. The zero-order valence-corrected chi connectivity index (χ0v) is 9.97. The standard InChI is InChI=1S/C13H18O3/c1-10(8-14)11(2)16-9-12-4-6-13(15-3)7-5-12/h4-8,10-11H,9H2,1-3H3. The Kier molecular flexibility index (Phi) is 4.99. The van der Waals surface area contributed by atoms with Gasteiger partial charge in [-0.25, -0.2) is 0 Å². The van der Waals surface area contributed by atoms with Crippen molar-refractivity contribution in [2.24, 2.45) is 5.92 Å². The van der Waals surface area contributed by atoms with Gasteiger partial charge in [0, 0.05) is 5.92 Å². The topological polar surface area (TPSA) is 35.5 Å². The quantitative estimate of drug-likeness (QED) is 0.693. The monoisotopic (exact) mass is 222 g/mol. The fourth-order valence-corrected chi connectivity index (χ4v) is 1.21. The van der Waals surface area contributed by atoms with E-state index in [1.54, 1.807) is 7.11 Å². The third-order valence-corrected chi connectivity index (χ3v) is 2.63. The van der Waals surface area contributed by atoms with Gasteiger partial charge < -0.3 is 14.3 Å². The molecular weight excluding hydrogens is 204 g/mol. The Bertz CT molecular complexity index is 318. The summed E-state index contributed by atoms with van der Waals surface area (Å²) in [5.41, 5.74) is 1.07. The summed E-state index contributed by atoms with van der Waals surface area (Å²) in [5.74, 6) is 0.760. The van der Waals surface area contributed by atoms with Crippen LogP contribution in [0.25, 0.3) is 0 Å². The number of methoxy groups -OCH3 is 1. The summed E-state index contributed by atoms with van der Waals surface area (Å²) in [5, 5.41) is 0. The van der Waals surface area contributed by atoms with Crippen LogP contribution in [0.15, 0.2) is 24.3 Å². The normalized spacial score (nSPS) is 14.2. The van der Waals surface area contributed by atoms with Crippen molar-refractivity contribution >= 4 is 6.29 Å². The van der Waals surface area contributed by atoms with Crippen LogP contribution in [-0.4, -0.2) is 19.5 Å². The first kappa shape index (κ1) is 12.7. The van der Waals surface area contributed by atoms with Gasteiger partial charge in [-0.15, -0.1) is 0 Å². The molecule has 2 unspecified atom stereocenters. The number of hydrogen-bond acceptors (Lipinski definition) is 3. The Morgan fingerprint density at radius 2 is 1.88 bits per heavy atom. The lowest BCUT2D eigenvalue weighted by atomic mass is 10.1. The molecule has 0 N–H and O–H groups in total. The van der Waals surface area contributed by atoms with E-state index in [1.807, 2.05) is 38.1 Å². The van der Waals surface area contributed by atoms with E-state index in [9.17, 15) is 4.79 Å². The Balaban J connectivity index is 2.45. The van der Waals surface area contributed by atoms with E-state index in [1.165, 1.54) is 0 Å². The lowest BCUT2D eigenvalue weighted by Gasteiger charge is -2.15. The van der Waals surface area contributed by atoms with E-state index in [4.69, 9.17) is 9.47 Å². The molecule has 0 aliphatic rings. The van der Waals surface area contributed by atoms with Crippen molar-refractivity contribution in [2.45, 2.75) is 26.6 Å². The Labute approximate surface area is 96.4 Å². The lowest BCUT2D eigenvalue weighted by Crippen LogP contribution is -2.18. The molecule has 0 amide bonds. The zero-order valence-electron chi connectivity index (χ0n) is 9.97. The van der Waals surface area contributed by atoms with E-state index in [2.05, 4.69) is 0 Å². The molecule has 0 bridgehead atoms. The first-order valence-corrected chi connectivity index (χ1v) is 5.37. The molecule has 1 aromatic carbocycles. The highest BCUT2D eigenvalue weighted by atomic mass is 16.5. The highest BCUT2D eigenvalue weighted by Gasteiger charge is 2.11.